The number of unbranched alkanes of at least 4 members (excludes halogenated alkanes) is 3. The number of amides is 1. The number of sulfonamides is 1. The maximum Gasteiger partial charge on any atom is 0.330 e. The largest absolute Gasteiger partial charge is 0.466 e. The molecule has 1 N–H and O–H groups in total. The van der Waals surface area contributed by atoms with Crippen LogP contribution in [0.3, 0.4) is 0 Å². The summed E-state index contributed by atoms with van der Waals surface area (Å²) in [6.07, 6.45) is 19.0. The van der Waals surface area contributed by atoms with Crippen LogP contribution in [0.15, 0.2) is 36.0 Å². The summed E-state index contributed by atoms with van der Waals surface area (Å²) in [4.78, 5) is 36.9. The Kier molecular flexibility index (Phi) is 14.6. The average molecular weight is 638 g/mol. The highest BCUT2D eigenvalue weighted by Gasteiger charge is 2.33. The molecule has 1 amide bonds. The highest BCUT2D eigenvalue weighted by molar-refractivity contribution is 7.89. The maximum absolute atomic E-state index is 13.2. The van der Waals surface area contributed by atoms with Gasteiger partial charge in [-0.25, -0.2) is 13.2 Å². The van der Waals surface area contributed by atoms with Crippen molar-refractivity contribution in [3.63, 3.8) is 0 Å². The van der Waals surface area contributed by atoms with Crippen molar-refractivity contribution < 1.29 is 41.7 Å². The lowest BCUT2D eigenvalue weighted by Gasteiger charge is -2.37. The van der Waals surface area contributed by atoms with E-state index in [0.29, 0.717) is 25.2 Å². The number of allylic oxidation sites excluding steroid dienone is 2. The molecular weight excluding hydrogens is 586 g/mol. The van der Waals surface area contributed by atoms with Crippen molar-refractivity contribution in [1.29, 1.82) is 0 Å². The Morgan fingerprint density at radius 3 is 2.41 bits per heavy atom. The number of carbonyl (C=O) groups excluding carboxylic acids is 3. The molecule has 11 heteroatoms. The molecule has 7 atom stereocenters. The summed E-state index contributed by atoms with van der Waals surface area (Å²) in [7, 11) is -2.18. The minimum atomic E-state index is -3.53. The van der Waals surface area contributed by atoms with Gasteiger partial charge in [-0.05, 0) is 69.8 Å². The Bertz CT molecular complexity index is 1160. The fourth-order valence-corrected chi connectivity index (χ4v) is 6.66. The summed E-state index contributed by atoms with van der Waals surface area (Å²) in [5, 5.41) is 0. The molecule has 2 saturated heterocycles. The van der Waals surface area contributed by atoms with Gasteiger partial charge in [-0.3, -0.25) is 14.3 Å². The van der Waals surface area contributed by atoms with Gasteiger partial charge >= 0.3 is 11.9 Å². The van der Waals surface area contributed by atoms with Gasteiger partial charge in [0.15, 0.2) is 0 Å². The van der Waals surface area contributed by atoms with E-state index in [1.165, 1.54) is 13.2 Å². The molecule has 0 aliphatic carbocycles. The molecule has 3 rings (SSSR count). The van der Waals surface area contributed by atoms with Crippen molar-refractivity contribution in [2.24, 2.45) is 11.8 Å². The molecule has 3 heterocycles. The quantitative estimate of drug-likeness (QED) is 0.159. The number of rotatable bonds is 9. The lowest BCUT2D eigenvalue weighted by atomic mass is 9.89. The first-order valence-corrected chi connectivity index (χ1v) is 17.9. The number of esters is 2. The van der Waals surface area contributed by atoms with E-state index in [9.17, 15) is 22.8 Å². The SMILES string of the molecule is COC(=O)/C=C1\CC2CC(=O)OC(/C=C/CCCCCC(=O)NS(C)(=O)=O)C(C)/C=C/C(C)CC3CCCC(CC(C1)O2)O3. The monoisotopic (exact) mass is 637 g/mol. The number of carbonyl (C=O) groups is 3. The molecular formula is C33H51NO9S. The minimum Gasteiger partial charge on any atom is -0.466 e. The molecule has 2 fully saturated rings. The number of ether oxygens (including phenoxy) is 4. The van der Waals surface area contributed by atoms with E-state index < -0.39 is 34.1 Å². The third-order valence-corrected chi connectivity index (χ3v) is 8.91. The maximum atomic E-state index is 13.2. The van der Waals surface area contributed by atoms with Crippen LogP contribution < -0.4 is 4.72 Å². The molecule has 4 bridgehead atoms. The van der Waals surface area contributed by atoms with Crippen molar-refractivity contribution in [3.8, 4) is 0 Å². The van der Waals surface area contributed by atoms with E-state index in [2.05, 4.69) is 19.1 Å². The van der Waals surface area contributed by atoms with Crippen molar-refractivity contribution in [2.45, 2.75) is 128 Å². The van der Waals surface area contributed by atoms with E-state index in [-0.39, 0.29) is 43.0 Å². The van der Waals surface area contributed by atoms with Crippen molar-refractivity contribution in [3.05, 3.63) is 36.0 Å². The first-order chi connectivity index (χ1) is 20.9. The Morgan fingerprint density at radius 2 is 1.68 bits per heavy atom. The van der Waals surface area contributed by atoms with E-state index in [1.54, 1.807) is 0 Å². The van der Waals surface area contributed by atoms with Gasteiger partial charge in [0.25, 0.3) is 0 Å². The molecule has 3 aliphatic rings. The summed E-state index contributed by atoms with van der Waals surface area (Å²) in [5.74, 6) is -1.00. The Balaban J connectivity index is 1.67. The van der Waals surface area contributed by atoms with Crippen molar-refractivity contribution >= 4 is 27.9 Å². The van der Waals surface area contributed by atoms with Crippen LogP contribution in [0.5, 0.6) is 0 Å². The Hall–Kier alpha value is -2.50. The standard InChI is InChI=1S/C33H51NO9S/c1-23-15-16-24(2)30(13-8-6-5-7-9-14-31(35)34-44(4,38)39)43-33(37)22-29-19-25(20-32(36)40-3)18-28(42-29)21-27-12-10-11-26(17-23)41-27/h8,13,15-16,20,23-24,26-30H,5-7,9-12,14,17-19,21-22H2,1-4H3,(H,34,35)/b13-8+,16-15+,25-20-. The summed E-state index contributed by atoms with van der Waals surface area (Å²) >= 11 is 0. The Labute approximate surface area is 263 Å². The lowest BCUT2D eigenvalue weighted by Crippen LogP contribution is -2.37. The number of methoxy groups -OCH3 is 1. The second-order valence-electron chi connectivity index (χ2n) is 12.6. The molecule has 0 aromatic carbocycles. The van der Waals surface area contributed by atoms with E-state index >= 15 is 0 Å². The second kappa shape index (κ2) is 17.8. The first kappa shape index (κ1) is 36.0. The molecule has 0 aromatic heterocycles. The molecule has 3 aliphatic heterocycles. The van der Waals surface area contributed by atoms with Crippen LogP contribution in [0.1, 0.15) is 97.3 Å². The number of nitrogens with one attached hydrogen (secondary N) is 1. The van der Waals surface area contributed by atoms with Gasteiger partial charge in [0, 0.05) is 24.8 Å². The smallest absolute Gasteiger partial charge is 0.330 e. The van der Waals surface area contributed by atoms with Gasteiger partial charge in [-0.1, -0.05) is 44.1 Å². The summed E-state index contributed by atoms with van der Waals surface area (Å²) in [6, 6.07) is 0. The number of hydrogen-bond acceptors (Lipinski definition) is 9. The van der Waals surface area contributed by atoms with Crippen LogP contribution in [-0.2, 0) is 43.4 Å². The first-order valence-electron chi connectivity index (χ1n) is 16.0. The zero-order chi connectivity index (χ0) is 32.1. The predicted molar refractivity (Wildman–Crippen MR) is 167 cm³/mol. The van der Waals surface area contributed by atoms with Crippen LogP contribution in [0, 0.1) is 11.8 Å². The van der Waals surface area contributed by atoms with Crippen molar-refractivity contribution in [2.75, 3.05) is 13.4 Å². The Morgan fingerprint density at radius 1 is 0.977 bits per heavy atom. The van der Waals surface area contributed by atoms with E-state index in [0.717, 1.165) is 63.2 Å². The number of cyclic esters (lactones) is 1. The molecule has 0 spiro atoms. The molecule has 10 nitrogen and oxygen atoms in total. The van der Waals surface area contributed by atoms with Gasteiger partial charge < -0.3 is 18.9 Å². The van der Waals surface area contributed by atoms with Crippen molar-refractivity contribution in [1.82, 2.24) is 4.72 Å². The van der Waals surface area contributed by atoms with Gasteiger partial charge in [0.2, 0.25) is 15.9 Å². The number of fused-ring (bicyclic) bond motifs is 4. The van der Waals surface area contributed by atoms with Gasteiger partial charge in [0.1, 0.15) is 6.10 Å². The zero-order valence-electron chi connectivity index (χ0n) is 26.7. The lowest BCUT2D eigenvalue weighted by molar-refractivity contribution is -0.154. The van der Waals surface area contributed by atoms with E-state index in [1.807, 2.05) is 23.8 Å². The molecule has 7 unspecified atom stereocenters. The van der Waals surface area contributed by atoms with Crippen LogP contribution in [0.2, 0.25) is 0 Å². The van der Waals surface area contributed by atoms with Crippen LogP contribution >= 0.6 is 0 Å². The molecule has 44 heavy (non-hydrogen) atoms. The number of hydrogen-bond donors (Lipinski definition) is 1. The average Bonchev–Trinajstić information content (AvgIpc) is 2.93. The molecule has 0 aromatic rings. The summed E-state index contributed by atoms with van der Waals surface area (Å²) in [6.45, 7) is 4.22. The fraction of sp³-hybridized carbons (Fsp3) is 0.727. The molecule has 248 valence electrons. The zero-order valence-corrected chi connectivity index (χ0v) is 27.5. The highest BCUT2D eigenvalue weighted by atomic mass is 32.2. The van der Waals surface area contributed by atoms with Crippen LogP contribution in [-0.4, -0.2) is 70.1 Å². The predicted octanol–water partition coefficient (Wildman–Crippen LogP) is 5.08. The van der Waals surface area contributed by atoms with E-state index in [4.69, 9.17) is 18.9 Å². The molecule has 0 radical (unpaired) electrons. The second-order valence-corrected chi connectivity index (χ2v) is 14.3. The third-order valence-electron chi connectivity index (χ3n) is 8.31. The summed E-state index contributed by atoms with van der Waals surface area (Å²) in [5.41, 5.74) is 0.912. The highest BCUT2D eigenvalue weighted by Crippen LogP contribution is 2.33. The minimum absolute atomic E-state index is 0.0555. The fourth-order valence-electron chi connectivity index (χ4n) is 6.15. The van der Waals surface area contributed by atoms with Crippen LogP contribution in [0.25, 0.3) is 0 Å². The van der Waals surface area contributed by atoms with Crippen LogP contribution in [0.4, 0.5) is 0 Å². The topological polar surface area (TPSA) is 134 Å². The summed E-state index contributed by atoms with van der Waals surface area (Å²) < 4.78 is 48.1. The van der Waals surface area contributed by atoms with Gasteiger partial charge in [-0.15, -0.1) is 0 Å². The van der Waals surface area contributed by atoms with Gasteiger partial charge in [-0.2, -0.15) is 0 Å². The normalized spacial score (nSPS) is 32.1. The molecule has 0 saturated carbocycles. The van der Waals surface area contributed by atoms with Gasteiger partial charge in [0.05, 0.1) is 44.2 Å². The third kappa shape index (κ3) is 13.6.